The van der Waals surface area contributed by atoms with Crippen LogP contribution in [0.2, 0.25) is 0 Å². The SMILES string of the molecule is CC(C)(C)OC(=O)N(c1ccc2c(cnn2C(=O)OC(C)(C)C)c1)c1nnc(-c2cncc(NS(C)(=O)=O)c2)s1.CS(=O)(=O)Nc1cncc(-c2nnc(Nc3ccc4[nH]ncc4c3)s2)c1.O=C(O)C(F)(F)F. The summed E-state index contributed by atoms with van der Waals surface area (Å²) in [6, 6.07) is 14.0. The molecule has 386 valence electrons. The molecule has 24 nitrogen and oxygen atoms in total. The molecule has 8 aromatic rings. The van der Waals surface area contributed by atoms with E-state index >= 15 is 0 Å². The monoisotopic (exact) mass is 1090 g/mol. The van der Waals surface area contributed by atoms with Crippen molar-refractivity contribution in [3.05, 3.63) is 85.7 Å². The fourth-order valence-corrected chi connectivity index (χ4v) is 8.48. The highest BCUT2D eigenvalue weighted by molar-refractivity contribution is 7.92. The third-order valence-corrected chi connectivity index (χ3v) is 11.6. The van der Waals surface area contributed by atoms with E-state index in [1.165, 1.54) is 41.0 Å². The molecule has 31 heteroatoms. The van der Waals surface area contributed by atoms with Crippen LogP contribution in [0.5, 0.6) is 0 Å². The Morgan fingerprint density at radius 3 is 1.84 bits per heavy atom. The number of ether oxygens (including phenoxy) is 2. The Hall–Kier alpha value is -7.90. The summed E-state index contributed by atoms with van der Waals surface area (Å²) in [7, 11) is -6.88. The number of aliphatic carboxylic acids is 1. The average Bonchev–Trinajstić information content (AvgIpc) is 4.09. The van der Waals surface area contributed by atoms with Gasteiger partial charge in [0.15, 0.2) is 10.0 Å². The number of pyridine rings is 2. The number of fused-ring (bicyclic) bond motifs is 2. The number of H-pyrrole nitrogens is 1. The minimum atomic E-state index is -5.08. The van der Waals surface area contributed by atoms with Crippen LogP contribution in [-0.4, -0.2) is 120 Å². The van der Waals surface area contributed by atoms with E-state index < -0.39 is 55.6 Å². The first-order chi connectivity index (χ1) is 33.9. The van der Waals surface area contributed by atoms with Crippen molar-refractivity contribution in [2.75, 3.05) is 32.2 Å². The number of aromatic amines is 1. The summed E-state index contributed by atoms with van der Waals surface area (Å²) >= 11 is 2.42. The summed E-state index contributed by atoms with van der Waals surface area (Å²) in [4.78, 5) is 44.3. The predicted molar refractivity (Wildman–Crippen MR) is 266 cm³/mol. The van der Waals surface area contributed by atoms with Crippen LogP contribution in [0.3, 0.4) is 0 Å². The Bertz CT molecular complexity index is 3530. The van der Waals surface area contributed by atoms with Crippen LogP contribution in [-0.2, 0) is 34.3 Å². The summed E-state index contributed by atoms with van der Waals surface area (Å²) in [6.07, 6.45) is 4.87. The number of carboxylic acid groups (broad SMARTS) is 1. The molecule has 0 spiro atoms. The predicted octanol–water partition coefficient (Wildman–Crippen LogP) is 8.40. The molecule has 6 heterocycles. The summed E-state index contributed by atoms with van der Waals surface area (Å²) in [6.45, 7) is 10.5. The number of carboxylic acids is 1. The van der Waals surface area contributed by atoms with Crippen molar-refractivity contribution in [3.8, 4) is 21.1 Å². The van der Waals surface area contributed by atoms with Gasteiger partial charge >= 0.3 is 24.3 Å². The number of nitrogens with zero attached hydrogens (tertiary/aromatic N) is 10. The molecule has 0 saturated carbocycles. The van der Waals surface area contributed by atoms with Gasteiger partial charge in [0.25, 0.3) is 0 Å². The standard InChI is InChI=1S/C25H29N7O6S2.C15H13N7O2S2.C2HF3O2/c1-24(2,3)37-22(33)31(18-8-9-19-15(11-18)13-27-32(19)23(34)38-25(4,5)6)21-29-28-20(39-21)16-10-17(14-26-12-16)30-40(7,35)36;1-26(23,24)22-12-5-10(6-16-8-12)14-20-21-15(25-14)18-11-2-3-13-9(4-11)7-17-19-13;3-2(4,5)1(6)7/h8-14,30H,1-7H3;2-8,22H,1H3,(H,17,19)(H,18,21);(H,6,7). The lowest BCUT2D eigenvalue weighted by molar-refractivity contribution is -0.192. The van der Waals surface area contributed by atoms with Gasteiger partial charge in [-0.15, -0.1) is 20.4 Å². The Morgan fingerprint density at radius 2 is 1.27 bits per heavy atom. The number of nitrogens with one attached hydrogen (secondary N) is 4. The molecule has 0 aliphatic carbocycles. The highest BCUT2D eigenvalue weighted by atomic mass is 32.2. The Morgan fingerprint density at radius 1 is 0.699 bits per heavy atom. The lowest BCUT2D eigenvalue weighted by Gasteiger charge is -2.25. The van der Waals surface area contributed by atoms with Crippen LogP contribution in [0.15, 0.2) is 85.7 Å². The van der Waals surface area contributed by atoms with Crippen molar-refractivity contribution in [1.29, 1.82) is 0 Å². The molecule has 0 aliphatic rings. The Labute approximate surface area is 421 Å². The van der Waals surface area contributed by atoms with Gasteiger partial charge in [-0.3, -0.25) is 24.5 Å². The second kappa shape index (κ2) is 21.4. The molecule has 0 radical (unpaired) electrons. The lowest BCUT2D eigenvalue weighted by Crippen LogP contribution is -2.33. The number of amides is 1. The number of hydrogen-bond donors (Lipinski definition) is 5. The van der Waals surface area contributed by atoms with Crippen molar-refractivity contribution < 1.29 is 59.0 Å². The van der Waals surface area contributed by atoms with E-state index in [-0.39, 0.29) is 10.8 Å². The van der Waals surface area contributed by atoms with E-state index in [0.717, 1.165) is 45.1 Å². The van der Waals surface area contributed by atoms with Gasteiger partial charge in [-0.2, -0.15) is 28.1 Å². The van der Waals surface area contributed by atoms with E-state index in [4.69, 9.17) is 19.4 Å². The number of anilines is 6. The molecule has 2 aromatic carbocycles. The quantitative estimate of drug-likeness (QED) is 0.0858. The van der Waals surface area contributed by atoms with Crippen LogP contribution in [0.25, 0.3) is 42.9 Å². The summed E-state index contributed by atoms with van der Waals surface area (Å²) in [5.41, 5.74) is 3.01. The summed E-state index contributed by atoms with van der Waals surface area (Å²) in [5.74, 6) is -2.76. The summed E-state index contributed by atoms with van der Waals surface area (Å²) in [5, 5.41) is 41.5. The number of sulfonamides is 2. The third-order valence-electron chi connectivity index (χ3n) is 8.49. The minimum Gasteiger partial charge on any atom is -0.475 e. The Kier molecular flexibility index (Phi) is 16.0. The van der Waals surface area contributed by atoms with Gasteiger partial charge in [0.1, 0.15) is 11.2 Å². The van der Waals surface area contributed by atoms with Gasteiger partial charge in [-0.25, -0.2) is 36.1 Å². The van der Waals surface area contributed by atoms with Gasteiger partial charge in [0.05, 0.1) is 65.4 Å². The minimum absolute atomic E-state index is 0.199. The lowest BCUT2D eigenvalue weighted by atomic mass is 10.2. The van der Waals surface area contributed by atoms with Crippen molar-refractivity contribution in [2.45, 2.75) is 58.9 Å². The highest BCUT2D eigenvalue weighted by Crippen LogP contribution is 2.36. The maximum absolute atomic E-state index is 13.4. The van der Waals surface area contributed by atoms with Gasteiger partial charge in [-0.1, -0.05) is 22.7 Å². The fourth-order valence-electron chi connectivity index (χ4n) is 5.82. The number of aromatic nitrogens is 10. The second-order valence-electron chi connectivity index (χ2n) is 17.2. The third kappa shape index (κ3) is 15.8. The Balaban J connectivity index is 0.000000224. The summed E-state index contributed by atoms with van der Waals surface area (Å²) < 4.78 is 94.7. The number of rotatable bonds is 10. The van der Waals surface area contributed by atoms with Crippen molar-refractivity contribution >= 4 is 116 Å². The molecular weight excluding hydrogens is 1050 g/mol. The zero-order chi connectivity index (χ0) is 53.7. The van der Waals surface area contributed by atoms with Gasteiger partial charge < -0.3 is 19.9 Å². The molecule has 0 aliphatic heterocycles. The van der Waals surface area contributed by atoms with Crippen molar-refractivity contribution in [3.63, 3.8) is 0 Å². The molecule has 73 heavy (non-hydrogen) atoms. The zero-order valence-electron chi connectivity index (χ0n) is 39.4. The molecular formula is C42H43F3N14O10S4. The number of alkyl halides is 3. The van der Waals surface area contributed by atoms with Crippen LogP contribution in [0, 0.1) is 0 Å². The topological polar surface area (TPSA) is 321 Å². The molecule has 0 unspecified atom stereocenters. The van der Waals surface area contributed by atoms with E-state index in [2.05, 4.69) is 60.4 Å². The van der Waals surface area contributed by atoms with Gasteiger partial charge in [-0.05, 0) is 90.1 Å². The molecule has 0 bridgehead atoms. The number of carbonyl (C=O) groups excluding carboxylic acids is 2. The number of benzene rings is 2. The van der Waals surface area contributed by atoms with Crippen molar-refractivity contribution in [1.82, 2.24) is 50.3 Å². The highest BCUT2D eigenvalue weighted by Gasteiger charge is 2.38. The van der Waals surface area contributed by atoms with Crippen LogP contribution in [0.4, 0.5) is 55.8 Å². The molecule has 6 aromatic heterocycles. The first kappa shape index (κ1) is 54.4. The van der Waals surface area contributed by atoms with Crippen LogP contribution in [0.1, 0.15) is 41.5 Å². The molecule has 0 saturated heterocycles. The number of halogens is 3. The van der Waals surface area contributed by atoms with E-state index in [1.54, 1.807) is 84.3 Å². The first-order valence-electron chi connectivity index (χ1n) is 20.7. The molecule has 0 fully saturated rings. The first-order valence-corrected chi connectivity index (χ1v) is 26.1. The average molecular weight is 1090 g/mol. The molecule has 1 amide bonds. The zero-order valence-corrected chi connectivity index (χ0v) is 42.7. The maximum Gasteiger partial charge on any atom is 0.490 e. The number of carbonyl (C=O) groups is 3. The van der Waals surface area contributed by atoms with Gasteiger partial charge in [0.2, 0.25) is 30.3 Å². The van der Waals surface area contributed by atoms with Gasteiger partial charge in [0, 0.05) is 40.0 Å². The van der Waals surface area contributed by atoms with Crippen LogP contribution < -0.4 is 19.7 Å². The van der Waals surface area contributed by atoms with E-state index in [1.807, 2.05) is 18.2 Å². The molecule has 8 rings (SSSR count). The van der Waals surface area contributed by atoms with E-state index in [0.29, 0.717) is 48.6 Å². The normalized spacial score (nSPS) is 11.9. The maximum atomic E-state index is 13.4. The largest absolute Gasteiger partial charge is 0.490 e. The molecule has 5 N–H and O–H groups in total. The molecule has 0 atom stereocenters. The van der Waals surface area contributed by atoms with Crippen molar-refractivity contribution in [2.24, 2.45) is 0 Å². The number of hydrogen-bond acceptors (Lipinski definition) is 20. The fraction of sp³-hybridized carbons (Fsp3) is 0.262. The second-order valence-corrected chi connectivity index (χ2v) is 22.6. The smallest absolute Gasteiger partial charge is 0.475 e. The van der Waals surface area contributed by atoms with Crippen LogP contribution >= 0.6 is 22.7 Å². The van der Waals surface area contributed by atoms with E-state index in [9.17, 15) is 39.6 Å².